The summed E-state index contributed by atoms with van der Waals surface area (Å²) in [6, 6.07) is 0.459. The largest absolute Gasteiger partial charge is 0.467 e. The van der Waals surface area contributed by atoms with Crippen LogP contribution in [0.4, 0.5) is 5.82 Å². The summed E-state index contributed by atoms with van der Waals surface area (Å²) in [4.78, 5) is 8.72. The van der Waals surface area contributed by atoms with Crippen LogP contribution in [0.3, 0.4) is 0 Å². The van der Waals surface area contributed by atoms with Gasteiger partial charge < -0.3 is 15.4 Å². The minimum absolute atomic E-state index is 0.459. The van der Waals surface area contributed by atoms with Gasteiger partial charge in [-0.05, 0) is 18.8 Å². The number of methoxy groups -OCH3 is 1. The average molecular weight is 220 g/mol. The summed E-state index contributed by atoms with van der Waals surface area (Å²) in [5, 5.41) is 6.70. The van der Waals surface area contributed by atoms with E-state index in [1.54, 1.807) is 7.11 Å². The minimum Gasteiger partial charge on any atom is -0.467 e. The standard InChI is InChI=1S/C11H16N4O/c1-16-11-14-9-6-12-5-8(9)10(15-11)13-4-7-2-3-7/h7,12H,2-6H2,1H3,(H,13,14,15). The van der Waals surface area contributed by atoms with Crippen molar-refractivity contribution < 1.29 is 4.74 Å². The Labute approximate surface area is 94.6 Å². The first-order valence-corrected chi connectivity index (χ1v) is 5.75. The van der Waals surface area contributed by atoms with E-state index in [2.05, 4.69) is 20.6 Å². The molecule has 5 heteroatoms. The summed E-state index contributed by atoms with van der Waals surface area (Å²) >= 11 is 0. The molecule has 1 aromatic heterocycles. The molecule has 0 spiro atoms. The zero-order valence-corrected chi connectivity index (χ0v) is 9.42. The Hall–Kier alpha value is -1.36. The molecular weight excluding hydrogens is 204 g/mol. The third-order valence-corrected chi connectivity index (χ3v) is 3.10. The second-order valence-corrected chi connectivity index (χ2v) is 4.41. The fraction of sp³-hybridized carbons (Fsp3) is 0.636. The molecule has 0 bridgehead atoms. The van der Waals surface area contributed by atoms with Crippen LogP contribution in [0.15, 0.2) is 0 Å². The van der Waals surface area contributed by atoms with Crippen LogP contribution in [0.1, 0.15) is 24.1 Å². The number of nitrogens with one attached hydrogen (secondary N) is 2. The molecule has 0 radical (unpaired) electrons. The van der Waals surface area contributed by atoms with Crippen molar-refractivity contribution in [2.45, 2.75) is 25.9 Å². The highest BCUT2D eigenvalue weighted by Crippen LogP contribution is 2.30. The molecule has 2 aliphatic rings. The van der Waals surface area contributed by atoms with Crippen LogP contribution in [0.5, 0.6) is 6.01 Å². The van der Waals surface area contributed by atoms with Crippen LogP contribution in [-0.4, -0.2) is 23.6 Å². The lowest BCUT2D eigenvalue weighted by atomic mass is 10.2. The molecule has 1 aromatic rings. The zero-order valence-electron chi connectivity index (χ0n) is 9.42. The number of fused-ring (bicyclic) bond motifs is 1. The molecule has 1 fully saturated rings. The first-order valence-electron chi connectivity index (χ1n) is 5.75. The summed E-state index contributed by atoms with van der Waals surface area (Å²) in [5.41, 5.74) is 2.26. The van der Waals surface area contributed by atoms with Crippen LogP contribution < -0.4 is 15.4 Å². The van der Waals surface area contributed by atoms with E-state index >= 15 is 0 Å². The van der Waals surface area contributed by atoms with E-state index in [0.717, 1.165) is 37.1 Å². The number of hydrogen-bond donors (Lipinski definition) is 2. The van der Waals surface area contributed by atoms with Gasteiger partial charge in [-0.1, -0.05) is 0 Å². The average Bonchev–Trinajstić information content (AvgIpc) is 3.02. The van der Waals surface area contributed by atoms with Crippen molar-refractivity contribution in [2.75, 3.05) is 19.0 Å². The Kier molecular flexibility index (Phi) is 2.40. The summed E-state index contributed by atoms with van der Waals surface area (Å²) in [6.45, 7) is 2.69. The lowest BCUT2D eigenvalue weighted by Crippen LogP contribution is -2.10. The molecule has 2 heterocycles. The molecule has 3 rings (SSSR count). The van der Waals surface area contributed by atoms with Gasteiger partial charge >= 0.3 is 6.01 Å². The van der Waals surface area contributed by atoms with Gasteiger partial charge in [0.15, 0.2) is 0 Å². The molecule has 0 unspecified atom stereocenters. The van der Waals surface area contributed by atoms with Crippen molar-refractivity contribution >= 4 is 5.82 Å². The topological polar surface area (TPSA) is 59.1 Å². The Bertz CT molecular complexity index is 403. The van der Waals surface area contributed by atoms with E-state index in [4.69, 9.17) is 4.74 Å². The maximum Gasteiger partial charge on any atom is 0.318 e. The Morgan fingerprint density at radius 2 is 2.25 bits per heavy atom. The molecule has 2 N–H and O–H groups in total. The third kappa shape index (κ3) is 1.82. The molecule has 5 nitrogen and oxygen atoms in total. The molecule has 0 amide bonds. The van der Waals surface area contributed by atoms with Gasteiger partial charge in [-0.25, -0.2) is 0 Å². The van der Waals surface area contributed by atoms with Crippen molar-refractivity contribution in [3.63, 3.8) is 0 Å². The first kappa shape index (κ1) is 9.84. The molecule has 1 aliphatic carbocycles. The van der Waals surface area contributed by atoms with E-state index in [-0.39, 0.29) is 0 Å². The normalized spacial score (nSPS) is 18.3. The molecule has 1 saturated carbocycles. The van der Waals surface area contributed by atoms with Gasteiger partial charge in [-0.15, -0.1) is 0 Å². The van der Waals surface area contributed by atoms with Crippen LogP contribution in [0, 0.1) is 5.92 Å². The third-order valence-electron chi connectivity index (χ3n) is 3.10. The summed E-state index contributed by atoms with van der Waals surface area (Å²) in [5.74, 6) is 1.78. The Morgan fingerprint density at radius 3 is 3.00 bits per heavy atom. The predicted octanol–water partition coefficient (Wildman–Crippen LogP) is 0.910. The number of anilines is 1. The second kappa shape index (κ2) is 3.90. The zero-order chi connectivity index (χ0) is 11.0. The predicted molar refractivity (Wildman–Crippen MR) is 60.3 cm³/mol. The fourth-order valence-corrected chi connectivity index (χ4v) is 1.95. The van der Waals surface area contributed by atoms with E-state index in [1.165, 1.54) is 18.4 Å². The van der Waals surface area contributed by atoms with E-state index in [1.807, 2.05) is 0 Å². The van der Waals surface area contributed by atoms with Gasteiger partial charge in [0.2, 0.25) is 0 Å². The molecular formula is C11H16N4O. The Balaban J connectivity index is 1.85. The maximum atomic E-state index is 5.11. The van der Waals surface area contributed by atoms with Gasteiger partial charge in [0.1, 0.15) is 5.82 Å². The van der Waals surface area contributed by atoms with Gasteiger partial charge in [-0.3, -0.25) is 0 Å². The van der Waals surface area contributed by atoms with Crippen LogP contribution in [0.25, 0.3) is 0 Å². The smallest absolute Gasteiger partial charge is 0.318 e. The van der Waals surface area contributed by atoms with E-state index in [0.29, 0.717) is 6.01 Å². The highest BCUT2D eigenvalue weighted by Gasteiger charge is 2.23. The van der Waals surface area contributed by atoms with Crippen molar-refractivity contribution in [1.82, 2.24) is 15.3 Å². The van der Waals surface area contributed by atoms with Gasteiger partial charge in [0.25, 0.3) is 0 Å². The molecule has 16 heavy (non-hydrogen) atoms. The summed E-state index contributed by atoms with van der Waals surface area (Å²) in [7, 11) is 1.61. The lowest BCUT2D eigenvalue weighted by Gasteiger charge is -2.10. The van der Waals surface area contributed by atoms with Crippen LogP contribution in [0.2, 0.25) is 0 Å². The number of aromatic nitrogens is 2. The minimum atomic E-state index is 0.459. The molecule has 0 saturated heterocycles. The van der Waals surface area contributed by atoms with Crippen molar-refractivity contribution in [3.05, 3.63) is 11.3 Å². The maximum absolute atomic E-state index is 5.11. The Morgan fingerprint density at radius 1 is 1.38 bits per heavy atom. The molecule has 1 aliphatic heterocycles. The summed E-state index contributed by atoms with van der Waals surface area (Å²) in [6.07, 6.45) is 2.69. The molecule has 86 valence electrons. The fourth-order valence-electron chi connectivity index (χ4n) is 1.95. The first-order chi connectivity index (χ1) is 7.86. The molecule has 0 aromatic carbocycles. The SMILES string of the molecule is COc1nc2c(c(NCC3CC3)n1)CNC2. The highest BCUT2D eigenvalue weighted by atomic mass is 16.5. The number of nitrogens with zero attached hydrogens (tertiary/aromatic N) is 2. The van der Waals surface area contributed by atoms with Crippen LogP contribution >= 0.6 is 0 Å². The monoisotopic (exact) mass is 220 g/mol. The van der Waals surface area contributed by atoms with Crippen LogP contribution in [-0.2, 0) is 13.1 Å². The summed E-state index contributed by atoms with van der Waals surface area (Å²) < 4.78 is 5.11. The van der Waals surface area contributed by atoms with Gasteiger partial charge in [-0.2, -0.15) is 9.97 Å². The van der Waals surface area contributed by atoms with E-state index < -0.39 is 0 Å². The quantitative estimate of drug-likeness (QED) is 0.790. The van der Waals surface area contributed by atoms with Crippen molar-refractivity contribution in [1.29, 1.82) is 0 Å². The lowest BCUT2D eigenvalue weighted by molar-refractivity contribution is 0.378. The van der Waals surface area contributed by atoms with Crippen molar-refractivity contribution in [2.24, 2.45) is 5.92 Å². The number of hydrogen-bond acceptors (Lipinski definition) is 5. The van der Waals surface area contributed by atoms with E-state index in [9.17, 15) is 0 Å². The van der Waals surface area contributed by atoms with Gasteiger partial charge in [0, 0.05) is 25.2 Å². The van der Waals surface area contributed by atoms with Crippen molar-refractivity contribution in [3.8, 4) is 6.01 Å². The number of ether oxygens (including phenoxy) is 1. The van der Waals surface area contributed by atoms with Gasteiger partial charge in [0.05, 0.1) is 12.8 Å². The number of rotatable bonds is 4. The highest BCUT2D eigenvalue weighted by molar-refractivity contribution is 5.49. The second-order valence-electron chi connectivity index (χ2n) is 4.41. The molecule has 0 atom stereocenters.